The van der Waals surface area contributed by atoms with Gasteiger partial charge in [-0.15, -0.1) is 0 Å². The Balaban J connectivity index is 2.72. The molecule has 0 spiro atoms. The Morgan fingerprint density at radius 2 is 2.14 bits per heavy atom. The van der Waals surface area contributed by atoms with E-state index in [1.807, 2.05) is 6.92 Å². The summed E-state index contributed by atoms with van der Waals surface area (Å²) in [5.74, 6) is 1.26. The smallest absolute Gasteiger partial charge is 0.145 e. The standard InChI is InChI=1S/C10H15NO3/c1-2-13-10-7-8(14-6-5-12)3-4-9(10)11/h3-4,7,12H,2,5-6,11H2,1H3. The van der Waals surface area contributed by atoms with Crippen LogP contribution < -0.4 is 15.2 Å². The molecule has 3 N–H and O–H groups in total. The van der Waals surface area contributed by atoms with Crippen LogP contribution in [0.15, 0.2) is 18.2 Å². The summed E-state index contributed by atoms with van der Waals surface area (Å²) in [6, 6.07) is 5.18. The molecule has 0 fully saturated rings. The van der Waals surface area contributed by atoms with E-state index in [0.29, 0.717) is 23.8 Å². The molecule has 0 radical (unpaired) electrons. The molecule has 1 rings (SSSR count). The normalized spacial score (nSPS) is 9.86. The minimum Gasteiger partial charge on any atom is -0.492 e. The van der Waals surface area contributed by atoms with E-state index in [1.54, 1.807) is 18.2 Å². The zero-order chi connectivity index (χ0) is 10.4. The van der Waals surface area contributed by atoms with Crippen molar-refractivity contribution in [2.24, 2.45) is 0 Å². The monoisotopic (exact) mass is 197 g/mol. The molecular formula is C10H15NO3. The number of aliphatic hydroxyl groups excluding tert-OH is 1. The molecular weight excluding hydrogens is 182 g/mol. The highest BCUT2D eigenvalue weighted by Crippen LogP contribution is 2.26. The van der Waals surface area contributed by atoms with E-state index in [0.717, 1.165) is 0 Å². The molecule has 0 atom stereocenters. The maximum Gasteiger partial charge on any atom is 0.145 e. The summed E-state index contributed by atoms with van der Waals surface area (Å²) in [5, 5.41) is 8.57. The van der Waals surface area contributed by atoms with Crippen LogP contribution in [-0.2, 0) is 0 Å². The Bertz CT molecular complexity index is 289. The SMILES string of the molecule is CCOc1cc(OCCO)ccc1N. The second kappa shape index (κ2) is 5.34. The summed E-state index contributed by atoms with van der Waals surface area (Å²) in [5.41, 5.74) is 6.26. The number of hydrogen-bond donors (Lipinski definition) is 2. The van der Waals surface area contributed by atoms with Gasteiger partial charge < -0.3 is 20.3 Å². The molecule has 0 saturated carbocycles. The number of nitrogens with two attached hydrogens (primary N) is 1. The van der Waals surface area contributed by atoms with Gasteiger partial charge in [-0.25, -0.2) is 0 Å². The quantitative estimate of drug-likeness (QED) is 0.692. The van der Waals surface area contributed by atoms with E-state index in [-0.39, 0.29) is 13.2 Å². The first-order valence-electron chi connectivity index (χ1n) is 4.54. The molecule has 14 heavy (non-hydrogen) atoms. The van der Waals surface area contributed by atoms with Crippen LogP contribution in [0.1, 0.15) is 6.92 Å². The van der Waals surface area contributed by atoms with E-state index in [1.165, 1.54) is 0 Å². The van der Waals surface area contributed by atoms with E-state index in [9.17, 15) is 0 Å². The lowest BCUT2D eigenvalue weighted by Gasteiger charge is -2.09. The topological polar surface area (TPSA) is 64.7 Å². The van der Waals surface area contributed by atoms with Gasteiger partial charge in [-0.3, -0.25) is 0 Å². The summed E-state index contributed by atoms with van der Waals surface area (Å²) in [6.45, 7) is 2.72. The number of rotatable bonds is 5. The molecule has 0 heterocycles. The molecule has 0 aromatic heterocycles. The Morgan fingerprint density at radius 3 is 2.79 bits per heavy atom. The number of aliphatic hydroxyl groups is 1. The van der Waals surface area contributed by atoms with Crippen molar-refractivity contribution in [3.8, 4) is 11.5 Å². The van der Waals surface area contributed by atoms with Crippen LogP contribution in [0.3, 0.4) is 0 Å². The van der Waals surface area contributed by atoms with Gasteiger partial charge in [0.25, 0.3) is 0 Å². The van der Waals surface area contributed by atoms with Gasteiger partial charge in [0.2, 0.25) is 0 Å². The highest BCUT2D eigenvalue weighted by Gasteiger charge is 2.01. The Labute approximate surface area is 83.3 Å². The third-order valence-corrected chi connectivity index (χ3v) is 1.64. The molecule has 4 heteroatoms. The first-order chi connectivity index (χ1) is 6.77. The largest absolute Gasteiger partial charge is 0.492 e. The van der Waals surface area contributed by atoms with E-state index in [4.69, 9.17) is 20.3 Å². The van der Waals surface area contributed by atoms with Crippen molar-refractivity contribution in [2.45, 2.75) is 6.92 Å². The minimum absolute atomic E-state index is 0.00561. The summed E-state index contributed by atoms with van der Waals surface area (Å²) in [7, 11) is 0. The summed E-state index contributed by atoms with van der Waals surface area (Å²) in [6.07, 6.45) is 0. The molecule has 0 saturated heterocycles. The van der Waals surface area contributed by atoms with E-state index < -0.39 is 0 Å². The number of benzene rings is 1. The van der Waals surface area contributed by atoms with Gasteiger partial charge >= 0.3 is 0 Å². The van der Waals surface area contributed by atoms with Crippen LogP contribution in [0, 0.1) is 0 Å². The molecule has 0 aliphatic rings. The maximum absolute atomic E-state index is 8.57. The molecule has 0 aliphatic heterocycles. The van der Waals surface area contributed by atoms with Gasteiger partial charge in [-0.2, -0.15) is 0 Å². The Morgan fingerprint density at radius 1 is 1.36 bits per heavy atom. The van der Waals surface area contributed by atoms with Crippen molar-refractivity contribution >= 4 is 5.69 Å². The maximum atomic E-state index is 8.57. The van der Waals surface area contributed by atoms with Crippen LogP contribution >= 0.6 is 0 Å². The lowest BCUT2D eigenvalue weighted by atomic mass is 10.3. The molecule has 78 valence electrons. The zero-order valence-corrected chi connectivity index (χ0v) is 8.19. The predicted molar refractivity (Wildman–Crippen MR) is 54.6 cm³/mol. The van der Waals surface area contributed by atoms with E-state index in [2.05, 4.69) is 0 Å². The minimum atomic E-state index is -0.00561. The molecule has 1 aromatic carbocycles. The first kappa shape index (κ1) is 10.7. The van der Waals surface area contributed by atoms with E-state index >= 15 is 0 Å². The van der Waals surface area contributed by atoms with Crippen LogP contribution in [0.4, 0.5) is 5.69 Å². The van der Waals surface area contributed by atoms with Crippen molar-refractivity contribution in [2.75, 3.05) is 25.6 Å². The Kier molecular flexibility index (Phi) is 4.07. The number of nitrogen functional groups attached to an aromatic ring is 1. The molecule has 0 amide bonds. The number of hydrogen-bond acceptors (Lipinski definition) is 4. The fourth-order valence-corrected chi connectivity index (χ4v) is 1.05. The lowest BCUT2D eigenvalue weighted by molar-refractivity contribution is 0.201. The average Bonchev–Trinajstić information content (AvgIpc) is 2.19. The molecule has 0 bridgehead atoms. The highest BCUT2D eigenvalue weighted by molar-refractivity contribution is 5.55. The highest BCUT2D eigenvalue weighted by atomic mass is 16.5. The molecule has 0 aliphatic carbocycles. The van der Waals surface area contributed by atoms with Gasteiger partial charge in [0.1, 0.15) is 18.1 Å². The van der Waals surface area contributed by atoms with Crippen molar-refractivity contribution < 1.29 is 14.6 Å². The Hall–Kier alpha value is -1.42. The fourth-order valence-electron chi connectivity index (χ4n) is 1.05. The second-order valence-electron chi connectivity index (χ2n) is 2.70. The fraction of sp³-hybridized carbons (Fsp3) is 0.400. The van der Waals surface area contributed by atoms with Crippen molar-refractivity contribution in [1.29, 1.82) is 0 Å². The third-order valence-electron chi connectivity index (χ3n) is 1.64. The van der Waals surface area contributed by atoms with Gasteiger partial charge in [-0.1, -0.05) is 0 Å². The average molecular weight is 197 g/mol. The lowest BCUT2D eigenvalue weighted by Crippen LogP contribution is -2.03. The van der Waals surface area contributed by atoms with Crippen LogP contribution in [0.5, 0.6) is 11.5 Å². The first-order valence-corrected chi connectivity index (χ1v) is 4.54. The van der Waals surface area contributed by atoms with Crippen LogP contribution in [0.2, 0.25) is 0 Å². The molecule has 1 aromatic rings. The molecule has 0 unspecified atom stereocenters. The molecule has 4 nitrogen and oxygen atoms in total. The summed E-state index contributed by atoms with van der Waals surface area (Å²) in [4.78, 5) is 0. The van der Waals surface area contributed by atoms with Crippen LogP contribution in [-0.4, -0.2) is 24.9 Å². The predicted octanol–water partition coefficient (Wildman–Crippen LogP) is 1.04. The van der Waals surface area contributed by atoms with Gasteiger partial charge in [-0.05, 0) is 19.1 Å². The van der Waals surface area contributed by atoms with Crippen molar-refractivity contribution in [1.82, 2.24) is 0 Å². The zero-order valence-electron chi connectivity index (χ0n) is 8.19. The summed E-state index contributed by atoms with van der Waals surface area (Å²) < 4.78 is 10.5. The number of ether oxygens (including phenoxy) is 2. The van der Waals surface area contributed by atoms with Crippen molar-refractivity contribution in [3.05, 3.63) is 18.2 Å². The second-order valence-corrected chi connectivity index (χ2v) is 2.70. The van der Waals surface area contributed by atoms with Gasteiger partial charge in [0.05, 0.1) is 18.9 Å². The summed E-state index contributed by atoms with van der Waals surface area (Å²) >= 11 is 0. The van der Waals surface area contributed by atoms with Gasteiger partial charge in [0.15, 0.2) is 0 Å². The number of anilines is 1. The van der Waals surface area contributed by atoms with Crippen molar-refractivity contribution in [3.63, 3.8) is 0 Å². The van der Waals surface area contributed by atoms with Crippen LogP contribution in [0.25, 0.3) is 0 Å². The third kappa shape index (κ3) is 2.81. The van der Waals surface area contributed by atoms with Gasteiger partial charge in [0, 0.05) is 6.07 Å².